The summed E-state index contributed by atoms with van der Waals surface area (Å²) < 4.78 is 5.98. The standard InChI is InChI=1S/C24H29N3O3/c28-23(29)16-20-14-19-15-21(30-12-4-11-27-24-25-9-3-10-26-24)8-7-17(19)13-18-5-1-2-6-22(18)20/h1-2,5-8,15,20H,3-4,9-14,16H2,(H,28,29)(H2,25,26,27). The molecule has 30 heavy (non-hydrogen) atoms. The fourth-order valence-electron chi connectivity index (χ4n) is 4.24. The van der Waals surface area contributed by atoms with Crippen LogP contribution >= 0.6 is 0 Å². The molecule has 158 valence electrons. The van der Waals surface area contributed by atoms with E-state index >= 15 is 0 Å². The fourth-order valence-corrected chi connectivity index (χ4v) is 4.24. The summed E-state index contributed by atoms with van der Waals surface area (Å²) in [6.45, 7) is 3.29. The highest BCUT2D eigenvalue weighted by atomic mass is 16.5. The largest absolute Gasteiger partial charge is 0.494 e. The van der Waals surface area contributed by atoms with Crippen LogP contribution in [0.1, 0.15) is 47.4 Å². The molecule has 2 aromatic carbocycles. The molecule has 0 saturated carbocycles. The molecule has 2 aromatic rings. The van der Waals surface area contributed by atoms with Gasteiger partial charge in [-0.3, -0.25) is 9.79 Å². The number of aliphatic carboxylic acids is 1. The van der Waals surface area contributed by atoms with Crippen molar-refractivity contribution in [3.63, 3.8) is 0 Å². The summed E-state index contributed by atoms with van der Waals surface area (Å²) in [7, 11) is 0. The zero-order valence-electron chi connectivity index (χ0n) is 17.2. The molecule has 0 spiro atoms. The molecule has 6 heteroatoms. The maximum atomic E-state index is 11.4. The third kappa shape index (κ3) is 5.12. The second-order valence-corrected chi connectivity index (χ2v) is 7.94. The fraction of sp³-hybridized carbons (Fsp3) is 0.417. The van der Waals surface area contributed by atoms with Crippen molar-refractivity contribution >= 4 is 11.9 Å². The summed E-state index contributed by atoms with van der Waals surface area (Å²) in [4.78, 5) is 15.8. The Kier molecular flexibility index (Phi) is 6.52. The van der Waals surface area contributed by atoms with Crippen LogP contribution in [-0.2, 0) is 17.6 Å². The van der Waals surface area contributed by atoms with E-state index in [-0.39, 0.29) is 12.3 Å². The molecule has 1 heterocycles. The number of hydrogen-bond acceptors (Lipinski definition) is 5. The molecule has 4 rings (SSSR count). The van der Waals surface area contributed by atoms with E-state index in [9.17, 15) is 9.90 Å². The van der Waals surface area contributed by atoms with Crippen LogP contribution in [0, 0.1) is 0 Å². The maximum Gasteiger partial charge on any atom is 0.303 e. The number of nitrogens with zero attached hydrogens (tertiary/aromatic N) is 1. The zero-order chi connectivity index (χ0) is 20.8. The van der Waals surface area contributed by atoms with Gasteiger partial charge in [0.25, 0.3) is 0 Å². The Morgan fingerprint density at radius 1 is 1.20 bits per heavy atom. The van der Waals surface area contributed by atoms with E-state index in [2.05, 4.69) is 39.9 Å². The van der Waals surface area contributed by atoms with Gasteiger partial charge in [-0.15, -0.1) is 0 Å². The summed E-state index contributed by atoms with van der Waals surface area (Å²) in [6, 6.07) is 14.5. The summed E-state index contributed by atoms with van der Waals surface area (Å²) in [5.74, 6) is 0.968. The van der Waals surface area contributed by atoms with Crippen LogP contribution in [0.15, 0.2) is 47.5 Å². The Bertz CT molecular complexity index is 926. The third-order valence-corrected chi connectivity index (χ3v) is 5.72. The normalized spacial score (nSPS) is 17.6. The van der Waals surface area contributed by atoms with Gasteiger partial charge in [-0.25, -0.2) is 0 Å². The molecule has 2 aliphatic rings. The lowest BCUT2D eigenvalue weighted by Gasteiger charge is -2.17. The zero-order valence-corrected chi connectivity index (χ0v) is 17.2. The van der Waals surface area contributed by atoms with Crippen molar-refractivity contribution in [2.24, 2.45) is 4.99 Å². The van der Waals surface area contributed by atoms with Gasteiger partial charge >= 0.3 is 5.97 Å². The molecule has 0 radical (unpaired) electrons. The molecule has 1 unspecified atom stereocenters. The van der Waals surface area contributed by atoms with Gasteiger partial charge < -0.3 is 20.5 Å². The number of rotatable bonds is 7. The van der Waals surface area contributed by atoms with Gasteiger partial charge in [0.2, 0.25) is 0 Å². The van der Waals surface area contributed by atoms with Crippen molar-refractivity contribution in [3.05, 3.63) is 64.7 Å². The predicted octanol–water partition coefficient (Wildman–Crippen LogP) is 3.10. The lowest BCUT2D eigenvalue weighted by atomic mass is 9.89. The minimum Gasteiger partial charge on any atom is -0.494 e. The van der Waals surface area contributed by atoms with E-state index in [1.54, 1.807) is 0 Å². The second kappa shape index (κ2) is 9.65. The van der Waals surface area contributed by atoms with Crippen molar-refractivity contribution in [2.45, 2.75) is 38.0 Å². The first kappa shape index (κ1) is 20.3. The molecule has 1 aliphatic carbocycles. The summed E-state index contributed by atoms with van der Waals surface area (Å²) in [5, 5.41) is 16.0. The maximum absolute atomic E-state index is 11.4. The molecule has 0 bridgehead atoms. The molecule has 0 amide bonds. The van der Waals surface area contributed by atoms with Crippen molar-refractivity contribution in [2.75, 3.05) is 26.2 Å². The average Bonchev–Trinajstić information content (AvgIpc) is 2.90. The topological polar surface area (TPSA) is 83.0 Å². The molecule has 0 fully saturated rings. The molecule has 1 atom stereocenters. The Morgan fingerprint density at radius 2 is 2.10 bits per heavy atom. The number of hydrogen-bond donors (Lipinski definition) is 3. The molecule has 6 nitrogen and oxygen atoms in total. The Hall–Kier alpha value is -3.02. The number of guanidine groups is 1. The van der Waals surface area contributed by atoms with E-state index in [1.165, 1.54) is 16.7 Å². The molecular weight excluding hydrogens is 378 g/mol. The molecule has 3 N–H and O–H groups in total. The van der Waals surface area contributed by atoms with Crippen LogP contribution in [0.2, 0.25) is 0 Å². The Labute approximate surface area is 177 Å². The highest BCUT2D eigenvalue weighted by Crippen LogP contribution is 2.35. The van der Waals surface area contributed by atoms with Crippen molar-refractivity contribution < 1.29 is 14.6 Å². The number of ether oxygens (including phenoxy) is 1. The van der Waals surface area contributed by atoms with Crippen LogP contribution in [-0.4, -0.2) is 43.3 Å². The number of nitrogens with one attached hydrogen (secondary N) is 2. The summed E-state index contributed by atoms with van der Waals surface area (Å²) >= 11 is 0. The number of carboxylic acids is 1. The molecule has 0 saturated heterocycles. The van der Waals surface area contributed by atoms with Gasteiger partial charge in [0, 0.05) is 19.6 Å². The first-order chi connectivity index (χ1) is 14.7. The number of fused-ring (bicyclic) bond motifs is 2. The van der Waals surface area contributed by atoms with Crippen molar-refractivity contribution in [1.82, 2.24) is 10.6 Å². The highest BCUT2D eigenvalue weighted by molar-refractivity contribution is 5.80. The third-order valence-electron chi connectivity index (χ3n) is 5.72. The van der Waals surface area contributed by atoms with Gasteiger partial charge in [-0.2, -0.15) is 0 Å². The lowest BCUT2D eigenvalue weighted by molar-refractivity contribution is -0.137. The van der Waals surface area contributed by atoms with Gasteiger partial charge in [0.15, 0.2) is 5.96 Å². The van der Waals surface area contributed by atoms with Crippen LogP contribution in [0.4, 0.5) is 0 Å². The predicted molar refractivity (Wildman–Crippen MR) is 117 cm³/mol. The van der Waals surface area contributed by atoms with Crippen LogP contribution in [0.25, 0.3) is 0 Å². The van der Waals surface area contributed by atoms with Gasteiger partial charge in [0.05, 0.1) is 13.0 Å². The van der Waals surface area contributed by atoms with E-state index in [0.717, 1.165) is 62.6 Å². The average molecular weight is 408 g/mol. The van der Waals surface area contributed by atoms with Crippen molar-refractivity contribution in [1.29, 1.82) is 0 Å². The number of carbonyl (C=O) groups is 1. The van der Waals surface area contributed by atoms with E-state index in [4.69, 9.17) is 4.74 Å². The monoisotopic (exact) mass is 407 g/mol. The van der Waals surface area contributed by atoms with E-state index < -0.39 is 5.97 Å². The SMILES string of the molecule is O=C(O)CC1Cc2cc(OCCCNC3=NCCCN3)ccc2Cc2ccccc21. The number of benzene rings is 2. The van der Waals surface area contributed by atoms with E-state index in [1.807, 2.05) is 18.2 Å². The number of carboxylic acid groups (broad SMARTS) is 1. The minimum absolute atomic E-state index is 0.0110. The summed E-state index contributed by atoms with van der Waals surface area (Å²) in [5.41, 5.74) is 4.82. The molecule has 0 aromatic heterocycles. The molecule has 1 aliphatic heterocycles. The van der Waals surface area contributed by atoms with E-state index in [0.29, 0.717) is 6.61 Å². The second-order valence-electron chi connectivity index (χ2n) is 7.94. The van der Waals surface area contributed by atoms with Crippen LogP contribution in [0.5, 0.6) is 5.75 Å². The Balaban J connectivity index is 1.38. The van der Waals surface area contributed by atoms with Gasteiger partial charge in [-0.1, -0.05) is 30.3 Å². The highest BCUT2D eigenvalue weighted by Gasteiger charge is 2.24. The molecular formula is C24H29N3O3. The van der Waals surface area contributed by atoms with Crippen LogP contribution < -0.4 is 15.4 Å². The Morgan fingerprint density at radius 3 is 2.93 bits per heavy atom. The smallest absolute Gasteiger partial charge is 0.303 e. The first-order valence-electron chi connectivity index (χ1n) is 10.8. The lowest BCUT2D eigenvalue weighted by Crippen LogP contribution is -2.41. The number of aliphatic imine (C=N–C) groups is 1. The van der Waals surface area contributed by atoms with Gasteiger partial charge in [-0.05, 0) is 66.0 Å². The quantitative estimate of drug-likeness (QED) is 0.615. The van der Waals surface area contributed by atoms with Crippen LogP contribution in [0.3, 0.4) is 0 Å². The van der Waals surface area contributed by atoms with Crippen molar-refractivity contribution in [3.8, 4) is 5.75 Å². The van der Waals surface area contributed by atoms with Gasteiger partial charge in [0.1, 0.15) is 5.75 Å². The first-order valence-corrected chi connectivity index (χ1v) is 10.8. The summed E-state index contributed by atoms with van der Waals surface area (Å²) in [6.07, 6.45) is 3.67. The minimum atomic E-state index is -0.754.